The van der Waals surface area contributed by atoms with E-state index in [0.717, 1.165) is 39.1 Å². The van der Waals surface area contributed by atoms with Crippen molar-refractivity contribution in [2.24, 2.45) is 0 Å². The van der Waals surface area contributed by atoms with Crippen molar-refractivity contribution in [3.05, 3.63) is 35.9 Å². The summed E-state index contributed by atoms with van der Waals surface area (Å²) >= 11 is 0. The smallest absolute Gasteiger partial charge is 0.226 e. The van der Waals surface area contributed by atoms with E-state index in [1.807, 2.05) is 11.0 Å². The van der Waals surface area contributed by atoms with Crippen molar-refractivity contribution in [3.8, 4) is 0 Å². The second-order valence-corrected chi connectivity index (χ2v) is 6.02. The van der Waals surface area contributed by atoms with Crippen molar-refractivity contribution in [2.45, 2.75) is 37.6 Å². The lowest BCUT2D eigenvalue weighted by atomic mass is 10.0. The van der Waals surface area contributed by atoms with Gasteiger partial charge < -0.3 is 9.64 Å². The Morgan fingerprint density at radius 2 is 2.10 bits per heavy atom. The predicted molar refractivity (Wildman–Crippen MR) is 74.9 cm³/mol. The Morgan fingerprint density at radius 3 is 2.95 bits per heavy atom. The molecule has 3 fully saturated rings. The number of rotatable bonds is 2. The van der Waals surface area contributed by atoms with E-state index in [4.69, 9.17) is 4.74 Å². The maximum Gasteiger partial charge on any atom is 0.226 e. The van der Waals surface area contributed by atoms with Gasteiger partial charge in [0.25, 0.3) is 0 Å². The van der Waals surface area contributed by atoms with E-state index in [-0.39, 0.29) is 17.7 Å². The Bertz CT molecular complexity index is 518. The number of ether oxygens (including phenoxy) is 1. The van der Waals surface area contributed by atoms with Crippen LogP contribution in [0.5, 0.6) is 0 Å². The van der Waals surface area contributed by atoms with Gasteiger partial charge in [0.2, 0.25) is 5.91 Å². The maximum atomic E-state index is 12.2. The Labute approximate surface area is 119 Å². The molecule has 3 saturated heterocycles. The number of likely N-dealkylation sites (tertiary alicyclic amines) is 1. The van der Waals surface area contributed by atoms with E-state index in [1.54, 1.807) is 0 Å². The summed E-state index contributed by atoms with van der Waals surface area (Å²) in [5.74, 6) is 0.271. The Morgan fingerprint density at radius 1 is 1.25 bits per heavy atom. The summed E-state index contributed by atoms with van der Waals surface area (Å²) in [4.78, 5) is 16.7. The highest BCUT2D eigenvalue weighted by molar-refractivity contribution is 5.81. The van der Waals surface area contributed by atoms with Crippen LogP contribution >= 0.6 is 0 Å². The molecule has 0 aliphatic carbocycles. The number of benzene rings is 1. The highest BCUT2D eigenvalue weighted by Gasteiger charge is 2.60. The molecule has 0 saturated carbocycles. The summed E-state index contributed by atoms with van der Waals surface area (Å²) in [6, 6.07) is 10.7. The molecule has 0 radical (unpaired) electrons. The summed E-state index contributed by atoms with van der Waals surface area (Å²) in [5, 5.41) is 0. The zero-order chi connectivity index (χ0) is 13.6. The van der Waals surface area contributed by atoms with Crippen molar-refractivity contribution in [3.63, 3.8) is 0 Å². The molecular weight excluding hydrogens is 252 g/mol. The first-order valence-electron chi connectivity index (χ1n) is 7.52. The summed E-state index contributed by atoms with van der Waals surface area (Å²) in [6.07, 6.45) is 2.54. The largest absolute Gasteiger partial charge is 0.354 e. The number of carbonyl (C=O) groups is 1. The fourth-order valence-electron chi connectivity index (χ4n) is 4.04. The first-order valence-corrected chi connectivity index (χ1v) is 7.52. The fourth-order valence-corrected chi connectivity index (χ4v) is 4.04. The molecule has 20 heavy (non-hydrogen) atoms. The van der Waals surface area contributed by atoms with Crippen LogP contribution in [0.25, 0.3) is 0 Å². The van der Waals surface area contributed by atoms with Crippen LogP contribution in [-0.2, 0) is 16.1 Å². The van der Waals surface area contributed by atoms with Crippen LogP contribution in [0.3, 0.4) is 0 Å². The van der Waals surface area contributed by atoms with Crippen LogP contribution in [0.2, 0.25) is 0 Å². The van der Waals surface area contributed by atoms with Gasteiger partial charge in [-0.3, -0.25) is 9.69 Å². The van der Waals surface area contributed by atoms with Crippen LogP contribution < -0.4 is 0 Å². The highest BCUT2D eigenvalue weighted by atomic mass is 16.5. The molecule has 1 aromatic carbocycles. The van der Waals surface area contributed by atoms with Gasteiger partial charge >= 0.3 is 0 Å². The van der Waals surface area contributed by atoms with Gasteiger partial charge in [0.05, 0.1) is 12.6 Å². The third kappa shape index (κ3) is 1.71. The van der Waals surface area contributed by atoms with Gasteiger partial charge in [-0.05, 0) is 12.0 Å². The summed E-state index contributed by atoms with van der Waals surface area (Å²) < 4.78 is 6.12. The molecule has 3 heterocycles. The number of nitrogens with zero attached hydrogens (tertiary/aromatic N) is 2. The average Bonchev–Trinajstić information content (AvgIpc) is 2.95. The molecule has 0 aromatic heterocycles. The monoisotopic (exact) mass is 272 g/mol. The molecule has 1 amide bonds. The Hall–Kier alpha value is -1.39. The normalized spacial score (nSPS) is 33.3. The van der Waals surface area contributed by atoms with Crippen LogP contribution in [0.1, 0.15) is 24.8 Å². The first-order chi connectivity index (χ1) is 9.79. The fraction of sp³-hybridized carbons (Fsp3) is 0.562. The summed E-state index contributed by atoms with van der Waals surface area (Å²) in [5.41, 5.74) is 0.996. The lowest BCUT2D eigenvalue weighted by Gasteiger charge is -2.42. The molecule has 3 aliphatic heterocycles. The van der Waals surface area contributed by atoms with E-state index in [2.05, 4.69) is 29.2 Å². The number of amides is 1. The molecule has 4 rings (SSSR count). The molecule has 2 atom stereocenters. The van der Waals surface area contributed by atoms with Crippen molar-refractivity contribution in [1.82, 2.24) is 9.80 Å². The van der Waals surface area contributed by atoms with Crippen LogP contribution in [0.15, 0.2) is 30.3 Å². The van der Waals surface area contributed by atoms with Crippen LogP contribution in [-0.4, -0.2) is 47.2 Å². The minimum absolute atomic E-state index is 0.232. The molecule has 4 nitrogen and oxygen atoms in total. The molecule has 3 aliphatic rings. The molecule has 0 bridgehead atoms. The van der Waals surface area contributed by atoms with E-state index in [1.165, 1.54) is 5.56 Å². The molecule has 4 heteroatoms. The summed E-state index contributed by atoms with van der Waals surface area (Å²) in [7, 11) is 0. The van der Waals surface area contributed by atoms with E-state index >= 15 is 0 Å². The maximum absolute atomic E-state index is 12.2. The number of hydrogen-bond donors (Lipinski definition) is 0. The predicted octanol–water partition coefficient (Wildman–Crippen LogP) is 1.61. The van der Waals surface area contributed by atoms with E-state index < -0.39 is 0 Å². The first kappa shape index (κ1) is 12.4. The SMILES string of the molecule is O=C1C[C@H]2N(Cc3ccccc3)CC[C@]23OCCCN13. The quantitative estimate of drug-likeness (QED) is 0.820. The van der Waals surface area contributed by atoms with Gasteiger partial charge in [0, 0.05) is 32.5 Å². The van der Waals surface area contributed by atoms with Crippen molar-refractivity contribution in [1.29, 1.82) is 0 Å². The molecule has 0 N–H and O–H groups in total. The minimum atomic E-state index is -0.315. The van der Waals surface area contributed by atoms with Gasteiger partial charge in [-0.1, -0.05) is 30.3 Å². The lowest BCUT2D eigenvalue weighted by molar-refractivity contribution is -0.180. The number of hydrogen-bond acceptors (Lipinski definition) is 3. The van der Waals surface area contributed by atoms with Gasteiger partial charge in [-0.2, -0.15) is 0 Å². The highest BCUT2D eigenvalue weighted by Crippen LogP contribution is 2.45. The zero-order valence-electron chi connectivity index (χ0n) is 11.6. The molecular formula is C16H20N2O2. The van der Waals surface area contributed by atoms with Crippen LogP contribution in [0, 0.1) is 0 Å². The van der Waals surface area contributed by atoms with Crippen molar-refractivity contribution >= 4 is 5.91 Å². The van der Waals surface area contributed by atoms with Gasteiger partial charge in [0.15, 0.2) is 5.72 Å². The van der Waals surface area contributed by atoms with E-state index in [0.29, 0.717) is 6.42 Å². The van der Waals surface area contributed by atoms with E-state index in [9.17, 15) is 4.79 Å². The average molecular weight is 272 g/mol. The Kier molecular flexibility index (Phi) is 2.82. The molecule has 106 valence electrons. The molecule has 1 spiro atoms. The molecule has 1 aromatic rings. The molecule has 0 unspecified atom stereocenters. The van der Waals surface area contributed by atoms with Crippen molar-refractivity contribution < 1.29 is 9.53 Å². The lowest BCUT2D eigenvalue weighted by Crippen LogP contribution is -2.56. The summed E-state index contributed by atoms with van der Waals surface area (Å²) in [6.45, 7) is 3.59. The van der Waals surface area contributed by atoms with Crippen molar-refractivity contribution in [2.75, 3.05) is 19.7 Å². The van der Waals surface area contributed by atoms with Gasteiger partial charge in [-0.15, -0.1) is 0 Å². The second kappa shape index (κ2) is 4.57. The van der Waals surface area contributed by atoms with Crippen LogP contribution in [0.4, 0.5) is 0 Å². The third-order valence-corrected chi connectivity index (χ3v) is 4.95. The van der Waals surface area contributed by atoms with Gasteiger partial charge in [-0.25, -0.2) is 0 Å². The minimum Gasteiger partial charge on any atom is -0.354 e. The van der Waals surface area contributed by atoms with Gasteiger partial charge in [0.1, 0.15) is 0 Å². The number of carbonyl (C=O) groups excluding carboxylic acids is 1. The third-order valence-electron chi connectivity index (χ3n) is 4.95. The Balaban J connectivity index is 1.58. The zero-order valence-corrected chi connectivity index (χ0v) is 11.6. The topological polar surface area (TPSA) is 32.8 Å². The standard InChI is InChI=1S/C16H20N2O2/c19-15-11-14-16(18(15)8-4-10-20-16)7-9-17(14)12-13-5-2-1-3-6-13/h1-3,5-6,14H,4,7-12H2/t14-,16+/m1/s1. The second-order valence-electron chi connectivity index (χ2n) is 6.02.